The molecule has 42 valence electrons. The zero-order valence-electron chi connectivity index (χ0n) is 3.75. The first-order chi connectivity index (χ1) is 2.00. The van der Waals surface area contributed by atoms with Gasteiger partial charge in [-0.2, -0.15) is 0 Å². The molecule has 0 amide bonds. The summed E-state index contributed by atoms with van der Waals surface area (Å²) in [5.74, 6) is 0. The van der Waals surface area contributed by atoms with Crippen molar-refractivity contribution < 1.29 is 101 Å². The molecule has 2 radical (unpaired) electrons. The SMILES string of the molecule is N.O=S(=O)([O-])[O-].[Ce+3].[Ce+3]. The Morgan fingerprint density at radius 1 is 1.00 bits per heavy atom. The van der Waals surface area contributed by atoms with Crippen molar-refractivity contribution in [2.75, 3.05) is 0 Å². The summed E-state index contributed by atoms with van der Waals surface area (Å²) < 4.78 is 34.1. The molecule has 0 unspecified atom stereocenters. The van der Waals surface area contributed by atoms with Crippen LogP contribution in [0.25, 0.3) is 0 Å². The zero-order chi connectivity index (χ0) is 4.50. The first kappa shape index (κ1) is 22.4. The standard InChI is InChI=1S/2Ce.H3N.H2O4S/c;;;1-5(2,3)4/h;;1H3;(H2,1,2,3,4)/q2*+3;;/p-2. The second kappa shape index (κ2) is 9.58. The Labute approximate surface area is 115 Å². The monoisotopic (exact) mass is 393 g/mol. The fraction of sp³-hybridized carbons (Fsp3) is 0. The molecule has 0 fully saturated rings. The van der Waals surface area contributed by atoms with Gasteiger partial charge in [0.15, 0.2) is 0 Å². The smallest absolute Gasteiger partial charge is 0.759 e. The van der Waals surface area contributed by atoms with Gasteiger partial charge in [-0.3, -0.25) is 8.42 Å². The molecule has 0 aromatic carbocycles. The van der Waals surface area contributed by atoms with Gasteiger partial charge in [-0.15, -0.1) is 0 Å². The average Bonchev–Trinajstić information content (AvgIpc) is 0.722. The minimum Gasteiger partial charge on any atom is -0.759 e. The molecule has 0 aliphatic rings. The number of hydrogen-bond acceptors (Lipinski definition) is 5. The Morgan fingerprint density at radius 2 is 1.00 bits per heavy atom. The summed E-state index contributed by atoms with van der Waals surface area (Å²) in [6.45, 7) is 0. The van der Waals surface area contributed by atoms with Crippen LogP contribution in [0.1, 0.15) is 0 Å². The third kappa shape index (κ3) is 74.0. The van der Waals surface area contributed by atoms with Crippen molar-refractivity contribution in [3.8, 4) is 0 Å². The maximum absolute atomic E-state index is 8.52. The van der Waals surface area contributed by atoms with Crippen molar-refractivity contribution in [1.82, 2.24) is 6.15 Å². The van der Waals surface area contributed by atoms with Gasteiger partial charge in [0, 0.05) is 10.4 Å². The predicted molar refractivity (Wildman–Crippen MR) is 15.5 cm³/mol. The van der Waals surface area contributed by atoms with E-state index in [1.54, 1.807) is 0 Å². The van der Waals surface area contributed by atoms with Gasteiger partial charge < -0.3 is 15.3 Å². The summed E-state index contributed by atoms with van der Waals surface area (Å²) in [4.78, 5) is 0. The molecule has 0 aliphatic heterocycles. The molecule has 3 N–H and O–H groups in total. The molecular formula is H3Ce2NO4S+4. The number of hydrogen-bond donors (Lipinski definition) is 1. The summed E-state index contributed by atoms with van der Waals surface area (Å²) >= 11 is 0. The predicted octanol–water partition coefficient (Wildman–Crippen LogP) is -1.18. The van der Waals surface area contributed by atoms with Gasteiger partial charge in [0.25, 0.3) is 0 Å². The summed E-state index contributed by atoms with van der Waals surface area (Å²) in [6, 6.07) is 0. The van der Waals surface area contributed by atoms with Crippen LogP contribution in [0.2, 0.25) is 0 Å². The Kier molecular flexibility index (Phi) is 26.9. The van der Waals surface area contributed by atoms with Crippen LogP contribution in [0.15, 0.2) is 0 Å². The Bertz CT molecular complexity index is 97.2. The van der Waals surface area contributed by atoms with Crippen LogP contribution in [0.5, 0.6) is 0 Å². The normalized spacial score (nSPS) is 7.25. The third-order valence-corrected chi connectivity index (χ3v) is 0. The molecule has 0 saturated carbocycles. The van der Waals surface area contributed by atoms with E-state index in [2.05, 4.69) is 0 Å². The van der Waals surface area contributed by atoms with Crippen LogP contribution in [0, 0.1) is 83.5 Å². The Hall–Kier alpha value is 2.58. The van der Waals surface area contributed by atoms with Crippen LogP contribution in [0.3, 0.4) is 0 Å². The van der Waals surface area contributed by atoms with Gasteiger partial charge in [0.1, 0.15) is 0 Å². The van der Waals surface area contributed by atoms with E-state index in [-0.39, 0.29) is 89.6 Å². The maximum Gasteiger partial charge on any atom is 3.00 e. The van der Waals surface area contributed by atoms with Gasteiger partial charge in [0.2, 0.25) is 0 Å². The molecule has 8 heavy (non-hydrogen) atoms. The molecule has 5 nitrogen and oxygen atoms in total. The molecular weight excluding hydrogens is 390 g/mol. The molecule has 0 saturated heterocycles. The molecule has 0 atom stereocenters. The third-order valence-electron chi connectivity index (χ3n) is 0. The van der Waals surface area contributed by atoms with Crippen molar-refractivity contribution in [3.05, 3.63) is 0 Å². The Morgan fingerprint density at radius 3 is 1.00 bits per heavy atom. The van der Waals surface area contributed by atoms with E-state index in [9.17, 15) is 0 Å². The first-order valence-electron chi connectivity index (χ1n) is 0.667. The average molecular weight is 393 g/mol. The van der Waals surface area contributed by atoms with E-state index in [4.69, 9.17) is 17.5 Å². The van der Waals surface area contributed by atoms with Gasteiger partial charge in [-0.05, 0) is 0 Å². The van der Waals surface area contributed by atoms with Crippen molar-refractivity contribution in [2.24, 2.45) is 0 Å². The van der Waals surface area contributed by atoms with Crippen LogP contribution in [-0.4, -0.2) is 17.5 Å². The van der Waals surface area contributed by atoms with E-state index >= 15 is 0 Å². The summed E-state index contributed by atoms with van der Waals surface area (Å²) in [5.41, 5.74) is 0. The van der Waals surface area contributed by atoms with E-state index in [1.807, 2.05) is 0 Å². The second-order valence-electron chi connectivity index (χ2n) is 0.408. The van der Waals surface area contributed by atoms with Gasteiger partial charge in [-0.1, -0.05) is 0 Å². The first-order valence-corrected chi connectivity index (χ1v) is 2.00. The van der Waals surface area contributed by atoms with Gasteiger partial charge in [0.05, 0.1) is 0 Å². The van der Waals surface area contributed by atoms with Crippen molar-refractivity contribution in [1.29, 1.82) is 0 Å². The quantitative estimate of drug-likeness (QED) is 0.411. The van der Waals surface area contributed by atoms with Crippen molar-refractivity contribution in [2.45, 2.75) is 0 Å². The minimum absolute atomic E-state index is 0. The van der Waals surface area contributed by atoms with Crippen LogP contribution >= 0.6 is 0 Å². The zero-order valence-corrected chi connectivity index (χ0v) is 10.8. The van der Waals surface area contributed by atoms with E-state index < -0.39 is 10.4 Å². The van der Waals surface area contributed by atoms with Crippen LogP contribution < -0.4 is 6.15 Å². The van der Waals surface area contributed by atoms with Crippen molar-refractivity contribution in [3.63, 3.8) is 0 Å². The molecule has 8 heteroatoms. The summed E-state index contributed by atoms with van der Waals surface area (Å²) in [7, 11) is -5.17. The van der Waals surface area contributed by atoms with E-state index in [1.165, 1.54) is 0 Å². The van der Waals surface area contributed by atoms with Gasteiger partial charge >= 0.3 is 83.5 Å². The topological polar surface area (TPSA) is 115 Å². The van der Waals surface area contributed by atoms with Crippen LogP contribution in [-0.2, 0) is 10.4 Å². The summed E-state index contributed by atoms with van der Waals surface area (Å²) in [6.07, 6.45) is 0. The maximum atomic E-state index is 8.52. The molecule has 0 aromatic rings. The minimum atomic E-state index is -5.17. The fourth-order valence-corrected chi connectivity index (χ4v) is 0. The van der Waals surface area contributed by atoms with E-state index in [0.717, 1.165) is 0 Å². The Balaban J connectivity index is -0.0000000267. The second-order valence-corrected chi connectivity index (χ2v) is 1.22. The number of rotatable bonds is 0. The fourth-order valence-electron chi connectivity index (χ4n) is 0. The molecule has 0 spiro atoms. The molecule has 0 heterocycles. The van der Waals surface area contributed by atoms with Gasteiger partial charge in [-0.25, -0.2) is 0 Å². The molecule has 0 rings (SSSR count). The summed E-state index contributed by atoms with van der Waals surface area (Å²) in [5, 5.41) is 0. The van der Waals surface area contributed by atoms with Crippen LogP contribution in [0.4, 0.5) is 0 Å². The largest absolute Gasteiger partial charge is 3.00 e. The van der Waals surface area contributed by atoms with Crippen molar-refractivity contribution >= 4 is 10.4 Å². The molecule has 0 bridgehead atoms. The molecule has 0 aliphatic carbocycles. The van der Waals surface area contributed by atoms with E-state index in [0.29, 0.717) is 0 Å². The molecule has 0 aromatic heterocycles.